The van der Waals surface area contributed by atoms with Crippen LogP contribution < -0.4 is 4.90 Å². The number of fused-ring (bicyclic) bond motifs is 1. The molecular formula is C11H11Cl2NO2. The van der Waals surface area contributed by atoms with Crippen LogP contribution in [0.15, 0.2) is 12.1 Å². The third-order valence-corrected chi connectivity index (χ3v) is 3.70. The molecule has 1 aliphatic rings. The largest absolute Gasteiger partial charge is 0.481 e. The first-order chi connectivity index (χ1) is 7.52. The Balaban J connectivity index is 2.60. The van der Waals surface area contributed by atoms with E-state index in [9.17, 15) is 4.79 Å². The summed E-state index contributed by atoms with van der Waals surface area (Å²) >= 11 is 12.0. The molecule has 1 aromatic rings. The van der Waals surface area contributed by atoms with Crippen LogP contribution in [0.4, 0.5) is 5.69 Å². The minimum atomic E-state index is -0.812. The Labute approximate surface area is 104 Å². The molecule has 0 spiro atoms. The van der Waals surface area contributed by atoms with Gasteiger partial charge >= 0.3 is 5.97 Å². The number of halogens is 2. The molecule has 0 fully saturated rings. The van der Waals surface area contributed by atoms with E-state index in [0.717, 1.165) is 11.3 Å². The summed E-state index contributed by atoms with van der Waals surface area (Å²) in [5.74, 6) is -1.30. The molecule has 1 N–H and O–H groups in total. The van der Waals surface area contributed by atoms with Crippen LogP contribution in [0.2, 0.25) is 10.0 Å². The zero-order chi connectivity index (χ0) is 11.9. The van der Waals surface area contributed by atoms with Crippen molar-refractivity contribution >= 4 is 34.9 Å². The van der Waals surface area contributed by atoms with E-state index in [-0.39, 0.29) is 0 Å². The van der Waals surface area contributed by atoms with Gasteiger partial charge in [0.15, 0.2) is 0 Å². The number of anilines is 1. The molecule has 0 bridgehead atoms. The van der Waals surface area contributed by atoms with Crippen LogP contribution in [0.25, 0.3) is 0 Å². The van der Waals surface area contributed by atoms with Crippen molar-refractivity contribution < 1.29 is 9.90 Å². The predicted molar refractivity (Wildman–Crippen MR) is 64.7 cm³/mol. The van der Waals surface area contributed by atoms with E-state index in [1.54, 1.807) is 12.1 Å². The van der Waals surface area contributed by atoms with E-state index >= 15 is 0 Å². The number of rotatable bonds is 1. The van der Waals surface area contributed by atoms with Gasteiger partial charge in [0.25, 0.3) is 0 Å². The van der Waals surface area contributed by atoms with Gasteiger partial charge in [-0.2, -0.15) is 0 Å². The van der Waals surface area contributed by atoms with Crippen LogP contribution >= 0.6 is 23.2 Å². The van der Waals surface area contributed by atoms with E-state index in [0.29, 0.717) is 23.0 Å². The first-order valence-corrected chi connectivity index (χ1v) is 5.69. The van der Waals surface area contributed by atoms with Gasteiger partial charge in [0, 0.05) is 13.6 Å². The summed E-state index contributed by atoms with van der Waals surface area (Å²) in [6, 6.07) is 3.40. The van der Waals surface area contributed by atoms with E-state index in [2.05, 4.69) is 0 Å². The maximum atomic E-state index is 11.1. The van der Waals surface area contributed by atoms with Crippen LogP contribution in [-0.2, 0) is 4.79 Å². The minimum Gasteiger partial charge on any atom is -0.481 e. The van der Waals surface area contributed by atoms with Crippen LogP contribution in [0.1, 0.15) is 17.9 Å². The van der Waals surface area contributed by atoms with Gasteiger partial charge in [0.1, 0.15) is 0 Å². The van der Waals surface area contributed by atoms with Crippen LogP contribution in [0.3, 0.4) is 0 Å². The Morgan fingerprint density at radius 2 is 2.19 bits per heavy atom. The first kappa shape index (κ1) is 11.6. The van der Waals surface area contributed by atoms with Crippen molar-refractivity contribution in [1.82, 2.24) is 0 Å². The molecule has 0 saturated heterocycles. The van der Waals surface area contributed by atoms with Crippen molar-refractivity contribution in [3.05, 3.63) is 27.7 Å². The van der Waals surface area contributed by atoms with Gasteiger partial charge < -0.3 is 10.0 Å². The summed E-state index contributed by atoms with van der Waals surface area (Å²) in [5.41, 5.74) is 1.49. The number of hydrogen-bond acceptors (Lipinski definition) is 2. The maximum Gasteiger partial charge on any atom is 0.311 e. The smallest absolute Gasteiger partial charge is 0.311 e. The lowest BCUT2D eigenvalue weighted by Gasteiger charge is -2.32. The lowest BCUT2D eigenvalue weighted by molar-refractivity contribution is -0.139. The Kier molecular flexibility index (Phi) is 3.00. The molecule has 3 nitrogen and oxygen atoms in total. The highest BCUT2D eigenvalue weighted by atomic mass is 35.5. The number of nitrogens with zero attached hydrogens (tertiary/aromatic N) is 1. The van der Waals surface area contributed by atoms with Gasteiger partial charge in [0.05, 0.1) is 21.7 Å². The molecule has 1 aromatic carbocycles. The van der Waals surface area contributed by atoms with Gasteiger partial charge in [-0.1, -0.05) is 29.3 Å². The average Bonchev–Trinajstić information content (AvgIpc) is 2.23. The lowest BCUT2D eigenvalue weighted by atomic mass is 9.90. The van der Waals surface area contributed by atoms with Gasteiger partial charge in [0.2, 0.25) is 0 Å². The van der Waals surface area contributed by atoms with Crippen molar-refractivity contribution in [2.45, 2.75) is 12.3 Å². The fraction of sp³-hybridized carbons (Fsp3) is 0.364. The zero-order valence-corrected chi connectivity index (χ0v) is 10.2. The highest BCUT2D eigenvalue weighted by molar-refractivity contribution is 6.44. The quantitative estimate of drug-likeness (QED) is 0.843. The SMILES string of the molecule is CN1CCC(C(=O)O)c2ccc(Cl)c(Cl)c21. The molecule has 2 rings (SSSR count). The molecule has 0 aromatic heterocycles. The second-order valence-electron chi connectivity index (χ2n) is 3.90. The predicted octanol–water partition coefficient (Wildman–Crippen LogP) is 3.00. The monoisotopic (exact) mass is 259 g/mol. The number of carbonyl (C=O) groups is 1. The van der Waals surface area contributed by atoms with E-state index < -0.39 is 11.9 Å². The normalized spacial score (nSPS) is 19.4. The van der Waals surface area contributed by atoms with E-state index in [4.69, 9.17) is 28.3 Å². The second-order valence-corrected chi connectivity index (χ2v) is 4.69. The molecule has 1 unspecified atom stereocenters. The molecule has 0 amide bonds. The molecule has 0 radical (unpaired) electrons. The Morgan fingerprint density at radius 1 is 1.50 bits per heavy atom. The summed E-state index contributed by atoms with van der Waals surface area (Å²) in [4.78, 5) is 13.1. The number of aliphatic carboxylic acids is 1. The second kappa shape index (κ2) is 4.15. The van der Waals surface area contributed by atoms with E-state index in [1.807, 2.05) is 11.9 Å². The standard InChI is InChI=1S/C11H11Cl2NO2/c1-14-5-4-7(11(15)16)6-2-3-8(12)9(13)10(6)14/h2-3,7H,4-5H2,1H3,(H,15,16). The van der Waals surface area contributed by atoms with Crippen molar-refractivity contribution in [3.8, 4) is 0 Å². The molecule has 1 heterocycles. The molecule has 16 heavy (non-hydrogen) atoms. The third-order valence-electron chi connectivity index (χ3n) is 2.91. The lowest BCUT2D eigenvalue weighted by Crippen LogP contribution is -2.30. The number of hydrogen-bond donors (Lipinski definition) is 1. The van der Waals surface area contributed by atoms with Crippen molar-refractivity contribution in [3.63, 3.8) is 0 Å². The number of benzene rings is 1. The molecule has 0 saturated carbocycles. The van der Waals surface area contributed by atoms with Crippen LogP contribution in [0, 0.1) is 0 Å². The fourth-order valence-corrected chi connectivity index (χ4v) is 2.54. The van der Waals surface area contributed by atoms with Crippen molar-refractivity contribution in [1.29, 1.82) is 0 Å². The Morgan fingerprint density at radius 3 is 2.81 bits per heavy atom. The average molecular weight is 260 g/mol. The molecule has 1 aliphatic heterocycles. The summed E-state index contributed by atoms with van der Waals surface area (Å²) in [6.07, 6.45) is 0.594. The molecule has 1 atom stereocenters. The third kappa shape index (κ3) is 1.74. The molecule has 5 heteroatoms. The zero-order valence-electron chi connectivity index (χ0n) is 8.70. The van der Waals surface area contributed by atoms with Gasteiger partial charge in [-0.05, 0) is 18.1 Å². The molecule has 86 valence electrons. The highest BCUT2D eigenvalue weighted by Gasteiger charge is 2.30. The first-order valence-electron chi connectivity index (χ1n) is 4.94. The molecule has 0 aliphatic carbocycles. The van der Waals surface area contributed by atoms with Crippen molar-refractivity contribution in [2.24, 2.45) is 0 Å². The molecular weight excluding hydrogens is 249 g/mol. The van der Waals surface area contributed by atoms with Crippen LogP contribution in [-0.4, -0.2) is 24.7 Å². The summed E-state index contributed by atoms with van der Waals surface area (Å²) in [5, 5.41) is 10.0. The minimum absolute atomic E-state index is 0.438. The van der Waals surface area contributed by atoms with Crippen molar-refractivity contribution in [2.75, 3.05) is 18.5 Å². The Bertz CT molecular complexity index is 448. The fourth-order valence-electron chi connectivity index (χ4n) is 2.07. The topological polar surface area (TPSA) is 40.5 Å². The maximum absolute atomic E-state index is 11.1. The highest BCUT2D eigenvalue weighted by Crippen LogP contribution is 2.42. The Hall–Kier alpha value is -0.930. The summed E-state index contributed by atoms with van der Waals surface area (Å²) in [7, 11) is 1.89. The summed E-state index contributed by atoms with van der Waals surface area (Å²) in [6.45, 7) is 0.671. The van der Waals surface area contributed by atoms with Gasteiger partial charge in [-0.3, -0.25) is 4.79 Å². The number of carboxylic acids is 1. The van der Waals surface area contributed by atoms with E-state index in [1.165, 1.54) is 0 Å². The summed E-state index contributed by atoms with van der Waals surface area (Å²) < 4.78 is 0. The van der Waals surface area contributed by atoms with Crippen LogP contribution in [0.5, 0.6) is 0 Å². The number of carboxylic acid groups (broad SMARTS) is 1. The van der Waals surface area contributed by atoms with Gasteiger partial charge in [-0.15, -0.1) is 0 Å². The van der Waals surface area contributed by atoms with Gasteiger partial charge in [-0.25, -0.2) is 0 Å².